The van der Waals surface area contributed by atoms with Gasteiger partial charge in [-0.05, 0) is 0 Å². The molecule has 0 unspecified atom stereocenters. The predicted molar refractivity (Wildman–Crippen MR) is 78.3 cm³/mol. The number of furan rings is 1. The third-order valence-corrected chi connectivity index (χ3v) is 4.28. The highest BCUT2D eigenvalue weighted by molar-refractivity contribution is 5.89. The van der Waals surface area contributed by atoms with Gasteiger partial charge in [0.15, 0.2) is 11.4 Å². The third-order valence-electron chi connectivity index (χ3n) is 4.28. The Bertz CT molecular complexity index is 724. The Labute approximate surface area is 125 Å². The fourth-order valence-electron chi connectivity index (χ4n) is 3.19. The van der Waals surface area contributed by atoms with Crippen LogP contribution >= 0.6 is 0 Å². The molecule has 8 heteroatoms. The topological polar surface area (TPSA) is 80.2 Å². The van der Waals surface area contributed by atoms with Crippen molar-refractivity contribution in [3.05, 3.63) is 11.3 Å². The standard InChI is InChI=1S/C14H17F2N5O/c15-14(16)2-1-9-8(7-14)10-11(22-9)12(20-13(17)19-10)21-5-3-18-4-6-21/h18H,1-7H2,(H2,17,19,20). The van der Waals surface area contributed by atoms with Crippen molar-refractivity contribution in [2.75, 3.05) is 36.8 Å². The first kappa shape index (κ1) is 13.7. The van der Waals surface area contributed by atoms with Gasteiger partial charge in [0.05, 0.1) is 0 Å². The van der Waals surface area contributed by atoms with E-state index in [9.17, 15) is 8.78 Å². The quantitative estimate of drug-likeness (QED) is 0.827. The number of nitrogens with zero attached hydrogens (tertiary/aromatic N) is 3. The fourth-order valence-corrected chi connectivity index (χ4v) is 3.19. The minimum Gasteiger partial charge on any atom is -0.455 e. The van der Waals surface area contributed by atoms with Gasteiger partial charge in [-0.1, -0.05) is 0 Å². The molecular weight excluding hydrogens is 292 g/mol. The minimum atomic E-state index is -2.71. The zero-order valence-electron chi connectivity index (χ0n) is 12.0. The molecule has 2 aliphatic rings. The van der Waals surface area contributed by atoms with Gasteiger partial charge in [0.1, 0.15) is 11.3 Å². The molecule has 2 aromatic heterocycles. The first-order valence-corrected chi connectivity index (χ1v) is 7.45. The van der Waals surface area contributed by atoms with Gasteiger partial charge in [0, 0.05) is 51.0 Å². The van der Waals surface area contributed by atoms with Crippen LogP contribution in [0.25, 0.3) is 11.1 Å². The Morgan fingerprint density at radius 1 is 1.23 bits per heavy atom. The first-order valence-electron chi connectivity index (χ1n) is 7.45. The zero-order valence-corrected chi connectivity index (χ0v) is 12.0. The van der Waals surface area contributed by atoms with Crippen LogP contribution in [0.5, 0.6) is 0 Å². The van der Waals surface area contributed by atoms with Crippen LogP contribution in [-0.2, 0) is 12.8 Å². The van der Waals surface area contributed by atoms with Gasteiger partial charge in [-0.25, -0.2) is 13.8 Å². The number of aryl methyl sites for hydroxylation is 1. The number of hydrogen-bond donors (Lipinski definition) is 2. The van der Waals surface area contributed by atoms with Crippen molar-refractivity contribution in [3.8, 4) is 0 Å². The molecule has 0 atom stereocenters. The zero-order chi connectivity index (χ0) is 15.3. The van der Waals surface area contributed by atoms with Crippen molar-refractivity contribution >= 4 is 22.9 Å². The van der Waals surface area contributed by atoms with E-state index in [2.05, 4.69) is 20.2 Å². The summed E-state index contributed by atoms with van der Waals surface area (Å²) < 4.78 is 33.3. The SMILES string of the molecule is Nc1nc(N2CCNCC2)c2oc3c(c2n1)CC(F)(F)CC3. The van der Waals surface area contributed by atoms with E-state index in [0.29, 0.717) is 28.2 Å². The minimum absolute atomic E-state index is 0.0959. The average molecular weight is 309 g/mol. The number of anilines is 2. The number of nitrogens with one attached hydrogen (secondary N) is 1. The summed E-state index contributed by atoms with van der Waals surface area (Å²) in [5.41, 5.74) is 7.21. The molecule has 3 heterocycles. The molecule has 1 fully saturated rings. The molecule has 4 rings (SSSR count). The molecule has 22 heavy (non-hydrogen) atoms. The van der Waals surface area contributed by atoms with Crippen molar-refractivity contribution in [1.82, 2.24) is 15.3 Å². The molecule has 3 N–H and O–H groups in total. The van der Waals surface area contributed by atoms with Crippen molar-refractivity contribution in [2.24, 2.45) is 0 Å². The molecule has 1 aliphatic carbocycles. The normalized spacial score (nSPS) is 21.1. The highest BCUT2D eigenvalue weighted by Gasteiger charge is 2.38. The van der Waals surface area contributed by atoms with Crippen molar-refractivity contribution in [2.45, 2.75) is 25.2 Å². The molecule has 0 bridgehead atoms. The molecule has 1 saturated heterocycles. The van der Waals surface area contributed by atoms with Gasteiger partial charge in [-0.3, -0.25) is 0 Å². The number of fused-ring (bicyclic) bond motifs is 3. The highest BCUT2D eigenvalue weighted by atomic mass is 19.3. The van der Waals surface area contributed by atoms with Crippen LogP contribution in [0.2, 0.25) is 0 Å². The van der Waals surface area contributed by atoms with E-state index in [0.717, 1.165) is 26.2 Å². The Morgan fingerprint density at radius 3 is 2.77 bits per heavy atom. The number of halogens is 2. The lowest BCUT2D eigenvalue weighted by Gasteiger charge is -2.28. The Balaban J connectivity index is 1.87. The van der Waals surface area contributed by atoms with Crippen LogP contribution in [0, 0.1) is 0 Å². The third kappa shape index (κ3) is 2.18. The summed E-state index contributed by atoms with van der Waals surface area (Å²) in [6.07, 6.45) is -0.307. The second kappa shape index (κ2) is 4.77. The second-order valence-electron chi connectivity index (χ2n) is 5.86. The summed E-state index contributed by atoms with van der Waals surface area (Å²) in [7, 11) is 0. The van der Waals surface area contributed by atoms with E-state index in [1.54, 1.807) is 0 Å². The number of nitrogens with two attached hydrogens (primary N) is 1. The van der Waals surface area contributed by atoms with Crippen LogP contribution in [0.4, 0.5) is 20.5 Å². The van der Waals surface area contributed by atoms with E-state index in [1.165, 1.54) is 0 Å². The van der Waals surface area contributed by atoms with E-state index in [1.807, 2.05) is 0 Å². The lowest BCUT2D eigenvalue weighted by atomic mass is 9.94. The maximum atomic E-state index is 13.7. The lowest BCUT2D eigenvalue weighted by molar-refractivity contribution is -0.0140. The summed E-state index contributed by atoms with van der Waals surface area (Å²) in [5, 5.41) is 3.26. The molecule has 0 saturated carbocycles. The second-order valence-corrected chi connectivity index (χ2v) is 5.86. The summed E-state index contributed by atoms with van der Waals surface area (Å²) in [6.45, 7) is 3.22. The monoisotopic (exact) mass is 309 g/mol. The largest absolute Gasteiger partial charge is 0.455 e. The Morgan fingerprint density at radius 2 is 2.00 bits per heavy atom. The summed E-state index contributed by atoms with van der Waals surface area (Å²) in [5.74, 6) is -1.41. The summed E-state index contributed by atoms with van der Waals surface area (Å²) >= 11 is 0. The van der Waals surface area contributed by atoms with E-state index in [4.69, 9.17) is 10.2 Å². The van der Waals surface area contributed by atoms with Gasteiger partial charge in [-0.15, -0.1) is 0 Å². The fraction of sp³-hybridized carbons (Fsp3) is 0.571. The molecule has 6 nitrogen and oxygen atoms in total. The molecule has 0 amide bonds. The lowest BCUT2D eigenvalue weighted by Crippen LogP contribution is -2.44. The van der Waals surface area contributed by atoms with Crippen LogP contribution in [0.1, 0.15) is 17.7 Å². The van der Waals surface area contributed by atoms with Gasteiger partial charge in [-0.2, -0.15) is 4.98 Å². The van der Waals surface area contributed by atoms with Crippen molar-refractivity contribution in [3.63, 3.8) is 0 Å². The Hall–Kier alpha value is -1.96. The molecule has 118 valence electrons. The average Bonchev–Trinajstić information content (AvgIpc) is 2.84. The number of nitrogen functional groups attached to an aromatic ring is 1. The predicted octanol–water partition coefficient (Wildman–Crippen LogP) is 1.34. The van der Waals surface area contributed by atoms with Gasteiger partial charge in [0.25, 0.3) is 5.92 Å². The summed E-state index contributed by atoms with van der Waals surface area (Å²) in [6, 6.07) is 0. The number of hydrogen-bond acceptors (Lipinski definition) is 6. The molecule has 1 aliphatic heterocycles. The van der Waals surface area contributed by atoms with Gasteiger partial charge in [0.2, 0.25) is 5.95 Å². The van der Waals surface area contributed by atoms with E-state index >= 15 is 0 Å². The van der Waals surface area contributed by atoms with Crippen molar-refractivity contribution < 1.29 is 13.2 Å². The Kier molecular flexibility index (Phi) is 2.97. The van der Waals surface area contributed by atoms with Crippen LogP contribution in [0.15, 0.2) is 4.42 Å². The van der Waals surface area contributed by atoms with E-state index in [-0.39, 0.29) is 25.2 Å². The maximum absolute atomic E-state index is 13.7. The van der Waals surface area contributed by atoms with Crippen LogP contribution < -0.4 is 16.0 Å². The van der Waals surface area contributed by atoms with E-state index < -0.39 is 5.92 Å². The summed E-state index contributed by atoms with van der Waals surface area (Å²) in [4.78, 5) is 10.5. The molecular formula is C14H17F2N5O. The van der Waals surface area contributed by atoms with Crippen LogP contribution in [0.3, 0.4) is 0 Å². The van der Waals surface area contributed by atoms with Gasteiger partial charge < -0.3 is 20.4 Å². The molecule has 0 spiro atoms. The number of alkyl halides is 2. The highest BCUT2D eigenvalue weighted by Crippen LogP contribution is 2.40. The van der Waals surface area contributed by atoms with Gasteiger partial charge >= 0.3 is 0 Å². The molecule has 0 aromatic carbocycles. The maximum Gasteiger partial charge on any atom is 0.252 e. The smallest absolute Gasteiger partial charge is 0.252 e. The van der Waals surface area contributed by atoms with Crippen molar-refractivity contribution in [1.29, 1.82) is 0 Å². The number of rotatable bonds is 1. The molecule has 2 aromatic rings. The number of piperazine rings is 1. The number of aromatic nitrogens is 2. The van der Waals surface area contributed by atoms with Crippen LogP contribution in [-0.4, -0.2) is 42.1 Å². The first-order chi connectivity index (χ1) is 10.5. The molecule has 0 radical (unpaired) electrons.